The Labute approximate surface area is 163 Å². The Morgan fingerprint density at radius 3 is 2.25 bits per heavy atom. The molecule has 0 amide bonds. The molecular formula is C21H24N4O3. The van der Waals surface area contributed by atoms with Crippen molar-refractivity contribution >= 4 is 28.1 Å². The molecule has 146 valence electrons. The number of allylic oxidation sites excluding steroid dienone is 1. The molecule has 2 aromatic rings. The molecule has 0 bridgehead atoms. The van der Waals surface area contributed by atoms with Crippen molar-refractivity contribution in [3.05, 3.63) is 34.8 Å². The predicted octanol–water partition coefficient (Wildman–Crippen LogP) is 1.95. The zero-order valence-electron chi connectivity index (χ0n) is 16.3. The van der Waals surface area contributed by atoms with Crippen LogP contribution in [0, 0.1) is 13.8 Å². The summed E-state index contributed by atoms with van der Waals surface area (Å²) >= 11 is 0. The molecule has 1 aliphatic carbocycles. The molecule has 0 atom stereocenters. The third-order valence-electron chi connectivity index (χ3n) is 5.71. The number of aryl methyl sites for hydroxylation is 2. The number of nitrogens with zero attached hydrogens (tertiary/aromatic N) is 4. The van der Waals surface area contributed by atoms with Gasteiger partial charge in [-0.05, 0) is 25.5 Å². The van der Waals surface area contributed by atoms with Crippen LogP contribution in [0.3, 0.4) is 0 Å². The fourth-order valence-electron chi connectivity index (χ4n) is 4.37. The minimum absolute atomic E-state index is 0.0351. The third-order valence-corrected chi connectivity index (χ3v) is 5.71. The topological polar surface area (TPSA) is 67.8 Å². The number of hydrogen-bond donors (Lipinski definition) is 0. The highest BCUT2D eigenvalue weighted by Crippen LogP contribution is 2.39. The summed E-state index contributed by atoms with van der Waals surface area (Å²) < 4.78 is 11.0. The summed E-state index contributed by atoms with van der Waals surface area (Å²) in [6.07, 6.45) is 1.76. The number of morpholine rings is 2. The summed E-state index contributed by atoms with van der Waals surface area (Å²) in [7, 11) is 0. The van der Waals surface area contributed by atoms with Crippen molar-refractivity contribution in [2.24, 2.45) is 0 Å². The normalized spacial score (nSPS) is 19.9. The molecule has 0 spiro atoms. The van der Waals surface area contributed by atoms with Gasteiger partial charge in [0.1, 0.15) is 5.82 Å². The average Bonchev–Trinajstić information content (AvgIpc) is 2.72. The fourth-order valence-corrected chi connectivity index (χ4v) is 4.37. The first kappa shape index (κ1) is 17.6. The summed E-state index contributed by atoms with van der Waals surface area (Å²) in [6.45, 7) is 9.77. The smallest absolute Gasteiger partial charge is 0.190 e. The molecule has 7 nitrogen and oxygen atoms in total. The molecule has 2 fully saturated rings. The first-order chi connectivity index (χ1) is 13.6. The van der Waals surface area contributed by atoms with E-state index in [1.54, 1.807) is 6.08 Å². The van der Waals surface area contributed by atoms with Crippen LogP contribution in [0.4, 0.5) is 5.69 Å². The lowest BCUT2D eigenvalue weighted by molar-refractivity contribution is 0.0636. The number of ether oxygens (including phenoxy) is 2. The van der Waals surface area contributed by atoms with Crippen molar-refractivity contribution in [3.8, 4) is 0 Å². The van der Waals surface area contributed by atoms with Crippen molar-refractivity contribution in [2.45, 2.75) is 13.8 Å². The van der Waals surface area contributed by atoms with Gasteiger partial charge >= 0.3 is 0 Å². The molecule has 0 radical (unpaired) electrons. The van der Waals surface area contributed by atoms with Crippen molar-refractivity contribution in [3.63, 3.8) is 0 Å². The van der Waals surface area contributed by atoms with Crippen LogP contribution in [0.2, 0.25) is 0 Å². The minimum Gasteiger partial charge on any atom is -0.378 e. The van der Waals surface area contributed by atoms with Gasteiger partial charge in [-0.1, -0.05) is 0 Å². The molecular weight excluding hydrogens is 356 g/mol. The van der Waals surface area contributed by atoms with E-state index in [1.807, 2.05) is 6.92 Å². The second-order valence-electron chi connectivity index (χ2n) is 7.52. The third kappa shape index (κ3) is 2.77. The van der Waals surface area contributed by atoms with Gasteiger partial charge in [0.25, 0.3) is 0 Å². The van der Waals surface area contributed by atoms with Gasteiger partial charge in [0.2, 0.25) is 0 Å². The van der Waals surface area contributed by atoms with Crippen molar-refractivity contribution in [2.75, 3.05) is 57.5 Å². The predicted molar refractivity (Wildman–Crippen MR) is 107 cm³/mol. The molecule has 5 rings (SSSR count). The van der Waals surface area contributed by atoms with Crippen LogP contribution >= 0.6 is 0 Å². The summed E-state index contributed by atoms with van der Waals surface area (Å²) in [5.41, 5.74) is 5.43. The maximum absolute atomic E-state index is 13.3. The van der Waals surface area contributed by atoms with E-state index in [0.29, 0.717) is 26.4 Å². The second kappa shape index (κ2) is 6.83. The van der Waals surface area contributed by atoms with E-state index in [4.69, 9.17) is 19.4 Å². The summed E-state index contributed by atoms with van der Waals surface area (Å²) in [5, 5.41) is 0.890. The molecule has 2 aliphatic heterocycles. The molecule has 3 heterocycles. The molecule has 1 aromatic heterocycles. The van der Waals surface area contributed by atoms with E-state index in [9.17, 15) is 4.79 Å². The van der Waals surface area contributed by atoms with Crippen LogP contribution in [-0.2, 0) is 9.47 Å². The highest BCUT2D eigenvalue weighted by atomic mass is 16.5. The van der Waals surface area contributed by atoms with Gasteiger partial charge in [-0.25, -0.2) is 9.97 Å². The van der Waals surface area contributed by atoms with Gasteiger partial charge in [-0.3, -0.25) is 4.79 Å². The highest BCUT2D eigenvalue weighted by molar-refractivity contribution is 6.24. The van der Waals surface area contributed by atoms with Crippen LogP contribution in [0.1, 0.15) is 27.4 Å². The zero-order valence-corrected chi connectivity index (χ0v) is 16.3. The van der Waals surface area contributed by atoms with E-state index in [1.165, 1.54) is 0 Å². The lowest BCUT2D eigenvalue weighted by Crippen LogP contribution is -2.38. The molecule has 2 saturated heterocycles. The molecule has 0 unspecified atom stereocenters. The van der Waals surface area contributed by atoms with Gasteiger partial charge in [-0.2, -0.15) is 0 Å². The van der Waals surface area contributed by atoms with Gasteiger partial charge in [0, 0.05) is 43.3 Å². The largest absolute Gasteiger partial charge is 0.378 e. The first-order valence-corrected chi connectivity index (χ1v) is 9.87. The number of carbonyl (C=O) groups excluding carboxylic acids is 1. The van der Waals surface area contributed by atoms with Crippen molar-refractivity contribution in [1.82, 2.24) is 14.9 Å². The van der Waals surface area contributed by atoms with Crippen LogP contribution in [0.5, 0.6) is 0 Å². The highest BCUT2D eigenvalue weighted by Gasteiger charge is 2.31. The van der Waals surface area contributed by atoms with Crippen molar-refractivity contribution < 1.29 is 14.3 Å². The van der Waals surface area contributed by atoms with Crippen LogP contribution in [0.25, 0.3) is 16.6 Å². The Bertz CT molecular complexity index is 989. The van der Waals surface area contributed by atoms with E-state index in [2.05, 4.69) is 22.8 Å². The van der Waals surface area contributed by atoms with Gasteiger partial charge in [-0.15, -0.1) is 0 Å². The summed E-state index contributed by atoms with van der Waals surface area (Å²) in [6, 6.07) is 2.10. The van der Waals surface area contributed by atoms with Gasteiger partial charge in [0.05, 0.1) is 48.9 Å². The average molecular weight is 380 g/mol. The van der Waals surface area contributed by atoms with Crippen LogP contribution < -0.4 is 4.90 Å². The summed E-state index contributed by atoms with van der Waals surface area (Å²) in [5.74, 6) is 0.761. The number of anilines is 1. The zero-order chi connectivity index (χ0) is 19.3. The molecule has 3 aliphatic rings. The van der Waals surface area contributed by atoms with E-state index >= 15 is 0 Å². The van der Waals surface area contributed by atoms with Gasteiger partial charge in [0.15, 0.2) is 5.78 Å². The minimum atomic E-state index is 0.0351. The maximum atomic E-state index is 13.3. The maximum Gasteiger partial charge on any atom is 0.190 e. The Morgan fingerprint density at radius 1 is 0.929 bits per heavy atom. The molecule has 7 heteroatoms. The summed E-state index contributed by atoms with van der Waals surface area (Å²) in [4.78, 5) is 27.3. The van der Waals surface area contributed by atoms with Crippen LogP contribution in [-0.4, -0.2) is 73.3 Å². The standard InChI is InChI=1S/C21H24N4O3/c1-13-11-15(24-3-7-27-8-4-24)18-17(26)12-16(25-5-9-28-10-6-25)21-19(18)20(13)22-14(2)23-21/h11-12H,3-10H2,1-2H3. The van der Waals surface area contributed by atoms with E-state index < -0.39 is 0 Å². The Morgan fingerprint density at radius 2 is 1.57 bits per heavy atom. The quantitative estimate of drug-likeness (QED) is 0.789. The Hall–Kier alpha value is -2.51. The number of aromatic nitrogens is 2. The van der Waals surface area contributed by atoms with Crippen molar-refractivity contribution in [1.29, 1.82) is 0 Å². The number of carbonyl (C=O) groups is 1. The lowest BCUT2D eigenvalue weighted by Gasteiger charge is -2.35. The van der Waals surface area contributed by atoms with Gasteiger partial charge < -0.3 is 19.3 Å². The number of ketones is 1. The Kier molecular flexibility index (Phi) is 4.29. The first-order valence-electron chi connectivity index (χ1n) is 9.87. The number of hydrogen-bond acceptors (Lipinski definition) is 7. The number of benzene rings is 1. The fraction of sp³-hybridized carbons (Fsp3) is 0.476. The molecule has 0 saturated carbocycles. The SMILES string of the molecule is Cc1nc2c3c(c(N4CCOCC4)cc(C)c3n1)C(=O)C=C2N1CCOCC1. The van der Waals surface area contributed by atoms with E-state index in [-0.39, 0.29) is 5.78 Å². The van der Waals surface area contributed by atoms with Crippen LogP contribution in [0.15, 0.2) is 12.1 Å². The van der Waals surface area contributed by atoms with E-state index in [0.717, 1.165) is 71.1 Å². The Balaban J connectivity index is 1.75. The molecule has 28 heavy (non-hydrogen) atoms. The second-order valence-corrected chi connectivity index (χ2v) is 7.52. The number of rotatable bonds is 2. The molecule has 0 N–H and O–H groups in total. The monoisotopic (exact) mass is 380 g/mol. The molecule has 1 aromatic carbocycles. The lowest BCUT2D eigenvalue weighted by atomic mass is 9.90.